The Morgan fingerprint density at radius 1 is 0.828 bits per heavy atom. The van der Waals surface area contributed by atoms with Gasteiger partial charge in [-0.05, 0) is 63.1 Å². The van der Waals surface area contributed by atoms with Crippen LogP contribution in [0.3, 0.4) is 0 Å². The minimum atomic E-state index is 0.747. The molecule has 29 heavy (non-hydrogen) atoms. The van der Waals surface area contributed by atoms with E-state index in [-0.39, 0.29) is 0 Å². The van der Waals surface area contributed by atoms with E-state index in [0.29, 0.717) is 0 Å². The van der Waals surface area contributed by atoms with Gasteiger partial charge in [-0.25, -0.2) is 0 Å². The minimum absolute atomic E-state index is 0.747. The van der Waals surface area contributed by atoms with E-state index in [2.05, 4.69) is 45.0 Å². The monoisotopic (exact) mass is 399 g/mol. The molecular weight excluding hydrogens is 358 g/mol. The molecule has 0 N–H and O–H groups in total. The predicted octanol–water partition coefficient (Wildman–Crippen LogP) is 3.52. The van der Waals surface area contributed by atoms with E-state index in [0.717, 1.165) is 25.2 Å². The van der Waals surface area contributed by atoms with Crippen molar-refractivity contribution in [2.24, 2.45) is 5.92 Å². The number of rotatable bonds is 9. The van der Waals surface area contributed by atoms with Crippen LogP contribution in [0.1, 0.15) is 44.1 Å². The molecule has 1 aromatic rings. The summed E-state index contributed by atoms with van der Waals surface area (Å²) in [6.07, 6.45) is 9.30. The Kier molecular flexibility index (Phi) is 8.41. The van der Waals surface area contributed by atoms with E-state index >= 15 is 0 Å². The van der Waals surface area contributed by atoms with Gasteiger partial charge in [0, 0.05) is 51.9 Å². The summed E-state index contributed by atoms with van der Waals surface area (Å²) in [5.41, 5.74) is 1.47. The largest absolute Gasteiger partial charge is 0.381 e. The van der Waals surface area contributed by atoms with Gasteiger partial charge < -0.3 is 14.5 Å². The Balaban J connectivity index is 1.08. The maximum Gasteiger partial charge on any atom is 0.0506 e. The van der Waals surface area contributed by atoms with Gasteiger partial charge in [-0.2, -0.15) is 0 Å². The number of hydrogen-bond donors (Lipinski definition) is 0. The zero-order chi connectivity index (χ0) is 19.7. The topological polar surface area (TPSA) is 19.0 Å². The first kappa shape index (κ1) is 21.3. The minimum Gasteiger partial charge on any atom is -0.381 e. The van der Waals surface area contributed by atoms with Crippen molar-refractivity contribution in [2.75, 3.05) is 65.6 Å². The highest BCUT2D eigenvalue weighted by Gasteiger charge is 2.32. The molecule has 3 aliphatic heterocycles. The predicted molar refractivity (Wildman–Crippen MR) is 120 cm³/mol. The van der Waals surface area contributed by atoms with Crippen molar-refractivity contribution < 1.29 is 4.74 Å². The Morgan fingerprint density at radius 3 is 2.55 bits per heavy atom. The molecule has 4 heteroatoms. The van der Waals surface area contributed by atoms with Crippen molar-refractivity contribution in [3.05, 3.63) is 35.9 Å². The number of ether oxygens (including phenoxy) is 1. The maximum absolute atomic E-state index is 6.09. The Hall–Kier alpha value is -0.940. The molecule has 162 valence electrons. The Bertz CT molecular complexity index is 575. The Morgan fingerprint density at radius 2 is 1.69 bits per heavy atom. The van der Waals surface area contributed by atoms with Crippen LogP contribution >= 0.6 is 0 Å². The van der Waals surface area contributed by atoms with E-state index in [4.69, 9.17) is 4.74 Å². The van der Waals surface area contributed by atoms with Crippen LogP contribution in [-0.2, 0) is 11.2 Å². The average Bonchev–Trinajstić information content (AvgIpc) is 2.79. The molecule has 3 heterocycles. The highest BCUT2D eigenvalue weighted by molar-refractivity contribution is 5.14. The Labute approximate surface area is 178 Å². The van der Waals surface area contributed by atoms with Gasteiger partial charge in [0.05, 0.1) is 6.61 Å². The first-order valence-corrected chi connectivity index (χ1v) is 12.2. The van der Waals surface area contributed by atoms with E-state index < -0.39 is 0 Å². The molecule has 0 amide bonds. The first-order valence-electron chi connectivity index (χ1n) is 12.2. The van der Waals surface area contributed by atoms with Gasteiger partial charge in [-0.15, -0.1) is 0 Å². The van der Waals surface area contributed by atoms with Crippen molar-refractivity contribution in [2.45, 2.75) is 51.0 Å². The van der Waals surface area contributed by atoms with Gasteiger partial charge in [-0.3, -0.25) is 4.90 Å². The molecule has 2 unspecified atom stereocenters. The summed E-state index contributed by atoms with van der Waals surface area (Å²) >= 11 is 0. The molecule has 3 fully saturated rings. The van der Waals surface area contributed by atoms with Gasteiger partial charge in [-0.1, -0.05) is 36.8 Å². The molecule has 4 rings (SSSR count). The molecule has 0 aromatic heterocycles. The van der Waals surface area contributed by atoms with Crippen molar-refractivity contribution in [1.82, 2.24) is 14.7 Å². The molecule has 0 saturated carbocycles. The number of piperidine rings is 2. The number of benzene rings is 1. The summed E-state index contributed by atoms with van der Waals surface area (Å²) in [4.78, 5) is 8.06. The van der Waals surface area contributed by atoms with Crippen LogP contribution in [0.4, 0.5) is 0 Å². The number of nitrogens with zero attached hydrogens (tertiary/aromatic N) is 3. The van der Waals surface area contributed by atoms with Crippen molar-refractivity contribution in [3.8, 4) is 0 Å². The van der Waals surface area contributed by atoms with Gasteiger partial charge in [0.15, 0.2) is 0 Å². The van der Waals surface area contributed by atoms with E-state index in [9.17, 15) is 0 Å². The quantitative estimate of drug-likeness (QED) is 0.592. The van der Waals surface area contributed by atoms with Crippen LogP contribution in [0.2, 0.25) is 0 Å². The molecule has 3 saturated heterocycles. The van der Waals surface area contributed by atoms with Crippen molar-refractivity contribution in [3.63, 3.8) is 0 Å². The highest BCUT2D eigenvalue weighted by atomic mass is 16.5. The van der Waals surface area contributed by atoms with E-state index in [1.165, 1.54) is 103 Å². The lowest BCUT2D eigenvalue weighted by Crippen LogP contribution is -2.57. The number of fused-ring (bicyclic) bond motifs is 1. The highest BCUT2D eigenvalue weighted by Crippen LogP contribution is 2.25. The lowest BCUT2D eigenvalue weighted by atomic mass is 9.91. The lowest BCUT2D eigenvalue weighted by molar-refractivity contribution is -0.000957. The second-order valence-corrected chi connectivity index (χ2v) is 9.46. The molecule has 1 aromatic carbocycles. The van der Waals surface area contributed by atoms with Gasteiger partial charge >= 0.3 is 0 Å². The summed E-state index contributed by atoms with van der Waals surface area (Å²) in [7, 11) is 0. The van der Waals surface area contributed by atoms with Crippen LogP contribution in [0.15, 0.2) is 30.3 Å². The van der Waals surface area contributed by atoms with Crippen LogP contribution in [0.5, 0.6) is 0 Å². The maximum atomic E-state index is 6.09. The van der Waals surface area contributed by atoms with Crippen LogP contribution in [0, 0.1) is 5.92 Å². The van der Waals surface area contributed by atoms with Gasteiger partial charge in [0.1, 0.15) is 0 Å². The molecular formula is C25H41N3O. The summed E-state index contributed by atoms with van der Waals surface area (Å²) < 4.78 is 6.09. The molecule has 0 spiro atoms. The van der Waals surface area contributed by atoms with Crippen molar-refractivity contribution >= 4 is 0 Å². The molecule has 3 aliphatic rings. The van der Waals surface area contributed by atoms with Gasteiger partial charge in [0.25, 0.3) is 0 Å². The second-order valence-electron chi connectivity index (χ2n) is 9.46. The standard InChI is InChI=1S/C25H41N3O/c1-3-8-23(9-4-1)12-16-27-17-18-28-20-24(10-11-25(28)21-27)22-29-19-7-15-26-13-5-2-6-14-26/h1,3-4,8-9,24-25H,2,5-7,10-22H2. The molecule has 0 bridgehead atoms. The van der Waals surface area contributed by atoms with E-state index in [1.54, 1.807) is 0 Å². The smallest absolute Gasteiger partial charge is 0.0506 e. The number of likely N-dealkylation sites (tertiary alicyclic amines) is 1. The fourth-order valence-electron chi connectivity index (χ4n) is 5.42. The average molecular weight is 400 g/mol. The fraction of sp³-hybridized carbons (Fsp3) is 0.760. The normalized spacial score (nSPS) is 27.0. The summed E-state index contributed by atoms with van der Waals surface area (Å²) in [6, 6.07) is 11.7. The fourth-order valence-corrected chi connectivity index (χ4v) is 5.42. The molecule has 4 nitrogen and oxygen atoms in total. The zero-order valence-corrected chi connectivity index (χ0v) is 18.3. The summed E-state index contributed by atoms with van der Waals surface area (Å²) in [5.74, 6) is 0.747. The third-order valence-corrected chi connectivity index (χ3v) is 7.21. The summed E-state index contributed by atoms with van der Waals surface area (Å²) in [5, 5.41) is 0. The molecule has 0 radical (unpaired) electrons. The lowest BCUT2D eigenvalue weighted by Gasteiger charge is -2.46. The van der Waals surface area contributed by atoms with E-state index in [1.807, 2.05) is 0 Å². The second kappa shape index (κ2) is 11.5. The van der Waals surface area contributed by atoms with Crippen molar-refractivity contribution in [1.29, 1.82) is 0 Å². The SMILES string of the molecule is c1ccc(CCN2CCN3CC(COCCCN4CCCCC4)CCC3C2)cc1. The first-order chi connectivity index (χ1) is 14.4. The van der Waals surface area contributed by atoms with Crippen LogP contribution in [0.25, 0.3) is 0 Å². The van der Waals surface area contributed by atoms with Crippen LogP contribution in [-0.4, -0.2) is 86.3 Å². The van der Waals surface area contributed by atoms with Crippen LogP contribution < -0.4 is 0 Å². The van der Waals surface area contributed by atoms with Gasteiger partial charge in [0.2, 0.25) is 0 Å². The molecule has 2 atom stereocenters. The summed E-state index contributed by atoms with van der Waals surface area (Å²) in [6.45, 7) is 12.0. The number of hydrogen-bond acceptors (Lipinski definition) is 4. The number of piperazine rings is 1. The molecule has 0 aliphatic carbocycles. The third-order valence-electron chi connectivity index (χ3n) is 7.21. The zero-order valence-electron chi connectivity index (χ0n) is 18.3. The third kappa shape index (κ3) is 6.78.